The predicted octanol–water partition coefficient (Wildman–Crippen LogP) is 2.64. The summed E-state index contributed by atoms with van der Waals surface area (Å²) in [5.74, 6) is 0. The monoisotopic (exact) mass is 243 g/mol. The van der Waals surface area contributed by atoms with E-state index in [-0.39, 0.29) is 5.69 Å². The zero-order valence-corrected chi connectivity index (χ0v) is 9.74. The molecule has 2 rings (SSSR count). The highest BCUT2D eigenvalue weighted by Gasteiger charge is 2.03. The molecule has 0 aliphatic heterocycles. The summed E-state index contributed by atoms with van der Waals surface area (Å²) >= 11 is 0. The van der Waals surface area contributed by atoms with Crippen molar-refractivity contribution in [2.45, 2.75) is 6.42 Å². The average Bonchev–Trinajstić information content (AvgIpc) is 2.40. The molecule has 1 heterocycles. The summed E-state index contributed by atoms with van der Waals surface area (Å²) < 4.78 is 0. The number of aromatic nitrogens is 1. The maximum atomic E-state index is 10.5. The van der Waals surface area contributed by atoms with E-state index in [4.69, 9.17) is 0 Å². The molecule has 0 aliphatic rings. The second kappa shape index (κ2) is 5.77. The number of anilines is 1. The number of nitro groups is 1. The van der Waals surface area contributed by atoms with Gasteiger partial charge in [0.2, 0.25) is 0 Å². The van der Waals surface area contributed by atoms with E-state index in [9.17, 15) is 10.1 Å². The van der Waals surface area contributed by atoms with Crippen LogP contribution in [-0.2, 0) is 6.42 Å². The summed E-state index contributed by atoms with van der Waals surface area (Å²) in [5, 5.41) is 13.7. The van der Waals surface area contributed by atoms with Crippen molar-refractivity contribution in [3.63, 3.8) is 0 Å². The molecule has 0 aliphatic carbocycles. The Kier molecular flexibility index (Phi) is 3.86. The van der Waals surface area contributed by atoms with Gasteiger partial charge in [-0.15, -0.1) is 0 Å². The van der Waals surface area contributed by atoms with Crippen molar-refractivity contribution in [1.29, 1.82) is 0 Å². The molecule has 92 valence electrons. The SMILES string of the molecule is O=[N+]([O-])c1ccc(NCCc2cccnc2)cc1. The Morgan fingerprint density at radius 3 is 2.61 bits per heavy atom. The molecule has 1 N–H and O–H groups in total. The van der Waals surface area contributed by atoms with E-state index in [1.54, 1.807) is 18.3 Å². The number of nitro benzene ring substituents is 1. The van der Waals surface area contributed by atoms with Crippen LogP contribution in [0.2, 0.25) is 0 Å². The molecule has 0 atom stereocenters. The van der Waals surface area contributed by atoms with Crippen LogP contribution in [-0.4, -0.2) is 16.5 Å². The Bertz CT molecular complexity index is 512. The lowest BCUT2D eigenvalue weighted by Gasteiger charge is -2.05. The van der Waals surface area contributed by atoms with Gasteiger partial charge >= 0.3 is 0 Å². The topological polar surface area (TPSA) is 68.1 Å². The highest BCUT2D eigenvalue weighted by molar-refractivity contribution is 5.48. The standard InChI is InChI=1S/C13H13N3O2/c17-16(18)13-5-3-12(4-6-13)15-9-7-11-2-1-8-14-10-11/h1-6,8,10,15H,7,9H2. The second-order valence-corrected chi connectivity index (χ2v) is 3.84. The number of nitrogens with zero attached hydrogens (tertiary/aromatic N) is 2. The van der Waals surface area contributed by atoms with E-state index in [0.29, 0.717) is 0 Å². The fourth-order valence-electron chi connectivity index (χ4n) is 1.60. The first-order valence-corrected chi connectivity index (χ1v) is 5.63. The lowest BCUT2D eigenvalue weighted by atomic mass is 10.2. The molecule has 2 aromatic rings. The van der Waals surface area contributed by atoms with Gasteiger partial charge in [0.05, 0.1) is 4.92 Å². The van der Waals surface area contributed by atoms with Crippen LogP contribution in [0.25, 0.3) is 0 Å². The molecule has 5 nitrogen and oxygen atoms in total. The Morgan fingerprint density at radius 1 is 1.22 bits per heavy atom. The average molecular weight is 243 g/mol. The Balaban J connectivity index is 1.85. The van der Waals surface area contributed by atoms with Crippen LogP contribution in [0.3, 0.4) is 0 Å². The van der Waals surface area contributed by atoms with Gasteiger partial charge in [0, 0.05) is 36.8 Å². The van der Waals surface area contributed by atoms with Gasteiger partial charge < -0.3 is 5.32 Å². The molecule has 0 amide bonds. The van der Waals surface area contributed by atoms with Gasteiger partial charge in [0.15, 0.2) is 0 Å². The summed E-state index contributed by atoms with van der Waals surface area (Å²) in [6.07, 6.45) is 4.44. The highest BCUT2D eigenvalue weighted by atomic mass is 16.6. The van der Waals surface area contributed by atoms with Crippen LogP contribution in [0.15, 0.2) is 48.8 Å². The Labute approximate surface area is 105 Å². The first-order valence-electron chi connectivity index (χ1n) is 5.63. The first-order chi connectivity index (χ1) is 8.75. The van der Waals surface area contributed by atoms with Crippen LogP contribution in [0.4, 0.5) is 11.4 Å². The summed E-state index contributed by atoms with van der Waals surface area (Å²) in [7, 11) is 0. The summed E-state index contributed by atoms with van der Waals surface area (Å²) in [6.45, 7) is 0.767. The van der Waals surface area contributed by atoms with E-state index in [0.717, 1.165) is 24.2 Å². The second-order valence-electron chi connectivity index (χ2n) is 3.84. The number of hydrogen-bond acceptors (Lipinski definition) is 4. The Morgan fingerprint density at radius 2 is 2.00 bits per heavy atom. The zero-order valence-electron chi connectivity index (χ0n) is 9.74. The third kappa shape index (κ3) is 3.28. The molecular formula is C13H13N3O2. The van der Waals surface area contributed by atoms with Crippen LogP contribution in [0.1, 0.15) is 5.56 Å². The maximum Gasteiger partial charge on any atom is 0.269 e. The minimum absolute atomic E-state index is 0.104. The molecule has 0 fully saturated rings. The van der Waals surface area contributed by atoms with Gasteiger partial charge in [0.25, 0.3) is 5.69 Å². The highest BCUT2D eigenvalue weighted by Crippen LogP contribution is 2.15. The lowest BCUT2D eigenvalue weighted by Crippen LogP contribution is -2.04. The molecule has 1 aromatic carbocycles. The van der Waals surface area contributed by atoms with Crippen LogP contribution >= 0.6 is 0 Å². The van der Waals surface area contributed by atoms with Gasteiger partial charge in [0.1, 0.15) is 0 Å². The Hall–Kier alpha value is -2.43. The van der Waals surface area contributed by atoms with E-state index < -0.39 is 4.92 Å². The van der Waals surface area contributed by atoms with Crippen molar-refractivity contribution in [2.24, 2.45) is 0 Å². The number of non-ortho nitro benzene ring substituents is 1. The molecule has 5 heteroatoms. The molecule has 1 aromatic heterocycles. The zero-order chi connectivity index (χ0) is 12.8. The predicted molar refractivity (Wildman–Crippen MR) is 69.5 cm³/mol. The quantitative estimate of drug-likeness (QED) is 0.647. The largest absolute Gasteiger partial charge is 0.385 e. The van der Waals surface area contributed by atoms with Gasteiger partial charge in [-0.2, -0.15) is 0 Å². The first kappa shape index (κ1) is 12.0. The van der Waals surface area contributed by atoms with Crippen molar-refractivity contribution in [2.75, 3.05) is 11.9 Å². The van der Waals surface area contributed by atoms with Gasteiger partial charge in [-0.1, -0.05) is 6.07 Å². The molecular weight excluding hydrogens is 230 g/mol. The van der Waals surface area contributed by atoms with Crippen LogP contribution < -0.4 is 5.32 Å². The number of pyridine rings is 1. The van der Waals surface area contributed by atoms with Crippen LogP contribution in [0, 0.1) is 10.1 Å². The molecule has 0 saturated carbocycles. The lowest BCUT2D eigenvalue weighted by molar-refractivity contribution is -0.384. The van der Waals surface area contributed by atoms with E-state index in [1.165, 1.54) is 12.1 Å². The third-order valence-electron chi connectivity index (χ3n) is 2.54. The van der Waals surface area contributed by atoms with Crippen molar-refractivity contribution >= 4 is 11.4 Å². The minimum Gasteiger partial charge on any atom is -0.385 e. The molecule has 0 bridgehead atoms. The maximum absolute atomic E-state index is 10.5. The molecule has 0 unspecified atom stereocenters. The minimum atomic E-state index is -0.403. The number of benzene rings is 1. The summed E-state index contributed by atoms with van der Waals surface area (Å²) in [5.41, 5.74) is 2.14. The normalized spacial score (nSPS) is 10.0. The fraction of sp³-hybridized carbons (Fsp3) is 0.154. The smallest absolute Gasteiger partial charge is 0.269 e. The van der Waals surface area contributed by atoms with Crippen molar-refractivity contribution in [3.8, 4) is 0 Å². The fourth-order valence-corrected chi connectivity index (χ4v) is 1.60. The summed E-state index contributed by atoms with van der Waals surface area (Å²) in [6, 6.07) is 10.3. The van der Waals surface area contributed by atoms with Gasteiger partial charge in [-0.25, -0.2) is 0 Å². The third-order valence-corrected chi connectivity index (χ3v) is 2.54. The van der Waals surface area contributed by atoms with Crippen LogP contribution in [0.5, 0.6) is 0 Å². The van der Waals surface area contributed by atoms with Crippen molar-refractivity contribution in [1.82, 2.24) is 4.98 Å². The number of rotatable bonds is 5. The number of nitrogens with one attached hydrogen (secondary N) is 1. The molecule has 0 saturated heterocycles. The van der Waals surface area contributed by atoms with E-state index >= 15 is 0 Å². The molecule has 18 heavy (non-hydrogen) atoms. The van der Waals surface area contributed by atoms with E-state index in [1.807, 2.05) is 18.3 Å². The van der Waals surface area contributed by atoms with Crippen molar-refractivity contribution in [3.05, 3.63) is 64.5 Å². The van der Waals surface area contributed by atoms with E-state index in [2.05, 4.69) is 10.3 Å². The molecule has 0 spiro atoms. The number of hydrogen-bond donors (Lipinski definition) is 1. The molecule has 0 radical (unpaired) electrons. The van der Waals surface area contributed by atoms with Gasteiger partial charge in [-0.05, 0) is 30.2 Å². The van der Waals surface area contributed by atoms with Gasteiger partial charge in [-0.3, -0.25) is 15.1 Å². The van der Waals surface area contributed by atoms with Crippen molar-refractivity contribution < 1.29 is 4.92 Å². The summed E-state index contributed by atoms with van der Waals surface area (Å²) in [4.78, 5) is 14.1.